The second kappa shape index (κ2) is 6.49. The van der Waals surface area contributed by atoms with Gasteiger partial charge in [0.25, 0.3) is 0 Å². The minimum Gasteiger partial charge on any atom is -0.330 e. The minimum atomic E-state index is 0.811. The molecule has 2 nitrogen and oxygen atoms in total. The molecule has 1 saturated heterocycles. The van der Waals surface area contributed by atoms with E-state index >= 15 is 0 Å². The van der Waals surface area contributed by atoms with E-state index in [0.29, 0.717) is 0 Å². The first-order chi connectivity index (χ1) is 7.11. The topological polar surface area (TPSA) is 29.3 Å². The molecule has 0 aromatic rings. The fourth-order valence-corrected chi connectivity index (χ4v) is 2.94. The molecule has 1 fully saturated rings. The lowest BCUT2D eigenvalue weighted by atomic mass is 9.91. The Morgan fingerprint density at radius 1 is 1.27 bits per heavy atom. The van der Waals surface area contributed by atoms with E-state index in [-0.39, 0.29) is 0 Å². The average molecular weight is 212 g/mol. The Balaban J connectivity index is 2.24. The van der Waals surface area contributed by atoms with Crippen LogP contribution in [0.25, 0.3) is 0 Å². The molecule has 90 valence electrons. The summed E-state index contributed by atoms with van der Waals surface area (Å²) in [7, 11) is 0. The van der Waals surface area contributed by atoms with Crippen LogP contribution in [0.15, 0.2) is 0 Å². The van der Waals surface area contributed by atoms with Crippen LogP contribution >= 0.6 is 0 Å². The third-order valence-corrected chi connectivity index (χ3v) is 3.42. The molecule has 0 aromatic carbocycles. The molecule has 3 atom stereocenters. The summed E-state index contributed by atoms with van der Waals surface area (Å²) in [5.41, 5.74) is 5.54. The first-order valence-electron chi connectivity index (χ1n) is 6.54. The van der Waals surface area contributed by atoms with Crippen molar-refractivity contribution in [3.63, 3.8) is 0 Å². The maximum Gasteiger partial charge on any atom is 0.000735 e. The number of rotatable bonds is 5. The zero-order chi connectivity index (χ0) is 11.3. The van der Waals surface area contributed by atoms with Crippen molar-refractivity contribution in [2.45, 2.75) is 40.0 Å². The number of piperidine rings is 1. The molecule has 2 N–H and O–H groups in total. The number of hydrogen-bond acceptors (Lipinski definition) is 2. The van der Waals surface area contributed by atoms with Gasteiger partial charge in [-0.1, -0.05) is 20.8 Å². The van der Waals surface area contributed by atoms with Gasteiger partial charge < -0.3 is 10.6 Å². The van der Waals surface area contributed by atoms with Gasteiger partial charge >= 0.3 is 0 Å². The molecular weight excluding hydrogens is 184 g/mol. The third-order valence-electron chi connectivity index (χ3n) is 3.42. The summed E-state index contributed by atoms with van der Waals surface area (Å²) in [5.74, 6) is 2.58. The Morgan fingerprint density at radius 3 is 2.40 bits per heavy atom. The summed E-state index contributed by atoms with van der Waals surface area (Å²) < 4.78 is 0. The fraction of sp³-hybridized carbons (Fsp3) is 1.00. The van der Waals surface area contributed by atoms with Crippen molar-refractivity contribution in [1.82, 2.24) is 4.90 Å². The van der Waals surface area contributed by atoms with Crippen LogP contribution in [0.3, 0.4) is 0 Å². The molecule has 0 radical (unpaired) electrons. The van der Waals surface area contributed by atoms with Crippen LogP contribution in [0.5, 0.6) is 0 Å². The van der Waals surface area contributed by atoms with Crippen LogP contribution in [0, 0.1) is 17.8 Å². The van der Waals surface area contributed by atoms with Gasteiger partial charge in [-0.3, -0.25) is 0 Å². The van der Waals surface area contributed by atoms with Crippen molar-refractivity contribution >= 4 is 0 Å². The van der Waals surface area contributed by atoms with E-state index in [2.05, 4.69) is 25.7 Å². The van der Waals surface area contributed by atoms with Gasteiger partial charge in [-0.05, 0) is 43.6 Å². The van der Waals surface area contributed by atoms with E-state index < -0.39 is 0 Å². The van der Waals surface area contributed by atoms with Crippen molar-refractivity contribution < 1.29 is 0 Å². The summed E-state index contributed by atoms with van der Waals surface area (Å²) in [4.78, 5) is 2.65. The second-order valence-corrected chi connectivity index (χ2v) is 5.70. The maximum atomic E-state index is 5.54. The molecule has 2 heteroatoms. The molecule has 0 amide bonds. The predicted octanol–water partition coefficient (Wildman–Crippen LogP) is 2.34. The molecule has 1 aliphatic heterocycles. The molecule has 1 aliphatic rings. The highest BCUT2D eigenvalue weighted by atomic mass is 15.1. The number of nitrogens with two attached hydrogens (primary N) is 1. The Bertz CT molecular complexity index is 160. The standard InChI is InChI=1S/C13H28N2/c1-11(5-4-6-14)8-15-9-12(2)7-13(3)10-15/h11-13H,4-10,14H2,1-3H3. The van der Waals surface area contributed by atoms with Gasteiger partial charge in [-0.15, -0.1) is 0 Å². The van der Waals surface area contributed by atoms with Gasteiger partial charge in [0.05, 0.1) is 0 Å². The summed E-state index contributed by atoms with van der Waals surface area (Å²) >= 11 is 0. The van der Waals surface area contributed by atoms with Gasteiger partial charge in [0, 0.05) is 19.6 Å². The van der Waals surface area contributed by atoms with Gasteiger partial charge in [0.1, 0.15) is 0 Å². The molecule has 0 bridgehead atoms. The zero-order valence-electron chi connectivity index (χ0n) is 10.7. The van der Waals surface area contributed by atoms with Crippen molar-refractivity contribution in [2.75, 3.05) is 26.2 Å². The van der Waals surface area contributed by atoms with E-state index in [0.717, 1.165) is 24.3 Å². The highest BCUT2D eigenvalue weighted by molar-refractivity contribution is 4.75. The van der Waals surface area contributed by atoms with E-state index in [4.69, 9.17) is 5.73 Å². The largest absolute Gasteiger partial charge is 0.330 e. The zero-order valence-corrected chi connectivity index (χ0v) is 10.7. The van der Waals surface area contributed by atoms with Crippen LogP contribution in [-0.2, 0) is 0 Å². The fourth-order valence-electron chi connectivity index (χ4n) is 2.94. The van der Waals surface area contributed by atoms with Crippen LogP contribution in [0.4, 0.5) is 0 Å². The van der Waals surface area contributed by atoms with Crippen molar-refractivity contribution in [3.05, 3.63) is 0 Å². The van der Waals surface area contributed by atoms with Crippen molar-refractivity contribution in [1.29, 1.82) is 0 Å². The molecule has 1 heterocycles. The third kappa shape index (κ3) is 4.98. The summed E-state index contributed by atoms with van der Waals surface area (Å²) in [5, 5.41) is 0. The lowest BCUT2D eigenvalue weighted by molar-refractivity contribution is 0.123. The number of nitrogens with zero attached hydrogens (tertiary/aromatic N) is 1. The molecule has 0 saturated carbocycles. The molecule has 15 heavy (non-hydrogen) atoms. The van der Waals surface area contributed by atoms with E-state index in [1.54, 1.807) is 0 Å². The Kier molecular flexibility index (Phi) is 5.62. The SMILES string of the molecule is CC(CCCN)CN1CC(C)CC(C)C1. The summed E-state index contributed by atoms with van der Waals surface area (Å²) in [6, 6.07) is 0. The average Bonchev–Trinajstić information content (AvgIpc) is 2.13. The highest BCUT2D eigenvalue weighted by Crippen LogP contribution is 2.22. The first-order valence-corrected chi connectivity index (χ1v) is 6.54. The number of hydrogen-bond donors (Lipinski definition) is 1. The lowest BCUT2D eigenvalue weighted by Crippen LogP contribution is -2.40. The first kappa shape index (κ1) is 13.0. The second-order valence-electron chi connectivity index (χ2n) is 5.70. The van der Waals surface area contributed by atoms with E-state index in [1.807, 2.05) is 0 Å². The summed E-state index contributed by atoms with van der Waals surface area (Å²) in [6.45, 7) is 11.8. The van der Waals surface area contributed by atoms with Gasteiger partial charge in [-0.25, -0.2) is 0 Å². The van der Waals surface area contributed by atoms with Crippen LogP contribution < -0.4 is 5.73 Å². The van der Waals surface area contributed by atoms with Crippen LogP contribution in [0.1, 0.15) is 40.0 Å². The van der Waals surface area contributed by atoms with Gasteiger partial charge in [0.15, 0.2) is 0 Å². The normalized spacial score (nSPS) is 30.4. The van der Waals surface area contributed by atoms with Crippen LogP contribution in [0.2, 0.25) is 0 Å². The van der Waals surface area contributed by atoms with Gasteiger partial charge in [0.2, 0.25) is 0 Å². The Hall–Kier alpha value is -0.0800. The molecule has 0 spiro atoms. The summed E-state index contributed by atoms with van der Waals surface area (Å²) in [6.07, 6.45) is 3.88. The molecule has 1 rings (SSSR count). The molecule has 0 aromatic heterocycles. The van der Waals surface area contributed by atoms with Crippen molar-refractivity contribution in [3.8, 4) is 0 Å². The van der Waals surface area contributed by atoms with E-state index in [9.17, 15) is 0 Å². The quantitative estimate of drug-likeness (QED) is 0.758. The minimum absolute atomic E-state index is 0.811. The molecule has 3 unspecified atom stereocenters. The molecule has 0 aliphatic carbocycles. The van der Waals surface area contributed by atoms with E-state index in [1.165, 1.54) is 38.9 Å². The molecular formula is C13H28N2. The van der Waals surface area contributed by atoms with Crippen LogP contribution in [-0.4, -0.2) is 31.1 Å². The number of likely N-dealkylation sites (tertiary alicyclic amines) is 1. The maximum absolute atomic E-state index is 5.54. The smallest absolute Gasteiger partial charge is 0.000735 e. The highest BCUT2D eigenvalue weighted by Gasteiger charge is 2.22. The van der Waals surface area contributed by atoms with Gasteiger partial charge in [-0.2, -0.15) is 0 Å². The lowest BCUT2D eigenvalue weighted by Gasteiger charge is -2.36. The Labute approximate surface area is 95.2 Å². The Morgan fingerprint density at radius 2 is 1.87 bits per heavy atom. The van der Waals surface area contributed by atoms with Crippen molar-refractivity contribution in [2.24, 2.45) is 23.5 Å². The predicted molar refractivity (Wildman–Crippen MR) is 66.8 cm³/mol. The monoisotopic (exact) mass is 212 g/mol.